The SMILES string of the molecule is FC(F)(F)c1ccc(NC2CC3CCC(C2)N3)c(Br)c1. The molecule has 2 bridgehead atoms. The summed E-state index contributed by atoms with van der Waals surface area (Å²) in [5.41, 5.74) is 0.115. The minimum Gasteiger partial charge on any atom is -0.381 e. The number of piperidine rings is 1. The van der Waals surface area contributed by atoms with E-state index >= 15 is 0 Å². The van der Waals surface area contributed by atoms with Crippen molar-refractivity contribution in [3.8, 4) is 0 Å². The smallest absolute Gasteiger partial charge is 0.381 e. The second-order valence-corrected chi connectivity index (χ2v) is 6.50. The quantitative estimate of drug-likeness (QED) is 0.838. The Bertz CT molecular complexity index is 492. The lowest BCUT2D eigenvalue weighted by molar-refractivity contribution is -0.137. The van der Waals surface area contributed by atoms with Gasteiger partial charge in [-0.05, 0) is 59.8 Å². The molecule has 110 valence electrons. The van der Waals surface area contributed by atoms with Crippen LogP contribution in [-0.2, 0) is 6.18 Å². The number of benzene rings is 1. The molecule has 2 fully saturated rings. The van der Waals surface area contributed by atoms with E-state index in [4.69, 9.17) is 0 Å². The second-order valence-electron chi connectivity index (χ2n) is 5.64. The molecule has 2 saturated heterocycles. The van der Waals surface area contributed by atoms with Crippen LogP contribution in [0.3, 0.4) is 0 Å². The lowest BCUT2D eigenvalue weighted by Gasteiger charge is -2.30. The maximum absolute atomic E-state index is 12.6. The van der Waals surface area contributed by atoms with Crippen LogP contribution in [0.4, 0.5) is 18.9 Å². The van der Waals surface area contributed by atoms with Gasteiger partial charge in [0.25, 0.3) is 0 Å². The van der Waals surface area contributed by atoms with Gasteiger partial charge in [-0.2, -0.15) is 13.2 Å². The van der Waals surface area contributed by atoms with Crippen molar-refractivity contribution in [3.05, 3.63) is 28.2 Å². The molecule has 0 radical (unpaired) electrons. The summed E-state index contributed by atoms with van der Waals surface area (Å²) >= 11 is 3.23. The largest absolute Gasteiger partial charge is 0.416 e. The van der Waals surface area contributed by atoms with Crippen molar-refractivity contribution >= 4 is 21.6 Å². The number of hydrogen-bond donors (Lipinski definition) is 2. The monoisotopic (exact) mass is 348 g/mol. The van der Waals surface area contributed by atoms with Crippen LogP contribution in [-0.4, -0.2) is 18.1 Å². The van der Waals surface area contributed by atoms with E-state index in [1.165, 1.54) is 18.9 Å². The van der Waals surface area contributed by atoms with E-state index < -0.39 is 11.7 Å². The molecule has 6 heteroatoms. The Labute approximate surface area is 124 Å². The van der Waals surface area contributed by atoms with Crippen LogP contribution in [0.1, 0.15) is 31.2 Å². The standard InChI is InChI=1S/C14H16BrF3N2/c15-12-5-8(14(16,17)18)1-4-13(12)20-11-6-9-2-3-10(7-11)19-9/h1,4-5,9-11,19-20H,2-3,6-7H2. The molecule has 0 aromatic heterocycles. The maximum Gasteiger partial charge on any atom is 0.416 e. The average Bonchev–Trinajstić information content (AvgIpc) is 2.70. The predicted molar refractivity (Wildman–Crippen MR) is 75.7 cm³/mol. The van der Waals surface area contributed by atoms with Crippen molar-refractivity contribution in [1.82, 2.24) is 5.32 Å². The molecule has 0 amide bonds. The molecule has 2 aliphatic heterocycles. The summed E-state index contributed by atoms with van der Waals surface area (Å²) < 4.78 is 38.3. The minimum absolute atomic E-state index is 0.335. The van der Waals surface area contributed by atoms with Gasteiger partial charge in [0.05, 0.1) is 5.56 Å². The van der Waals surface area contributed by atoms with Gasteiger partial charge in [0.2, 0.25) is 0 Å². The van der Waals surface area contributed by atoms with Gasteiger partial charge in [-0.15, -0.1) is 0 Å². The van der Waals surface area contributed by atoms with E-state index in [0.717, 1.165) is 30.7 Å². The Balaban J connectivity index is 1.72. The van der Waals surface area contributed by atoms with E-state index in [0.29, 0.717) is 22.6 Å². The molecule has 2 nitrogen and oxygen atoms in total. The third kappa shape index (κ3) is 2.96. The number of hydrogen-bond acceptors (Lipinski definition) is 2. The number of halogens is 4. The molecule has 2 N–H and O–H groups in total. The van der Waals surface area contributed by atoms with E-state index in [9.17, 15) is 13.2 Å². The molecule has 0 aliphatic carbocycles. The first-order valence-corrected chi connectivity index (χ1v) is 7.60. The van der Waals surface area contributed by atoms with Crippen molar-refractivity contribution in [2.45, 2.75) is 50.0 Å². The van der Waals surface area contributed by atoms with Gasteiger partial charge in [-0.1, -0.05) is 0 Å². The Morgan fingerprint density at radius 2 is 1.80 bits per heavy atom. The van der Waals surface area contributed by atoms with Crippen LogP contribution in [0.25, 0.3) is 0 Å². The number of anilines is 1. The molecule has 2 heterocycles. The molecule has 1 aromatic carbocycles. The highest BCUT2D eigenvalue weighted by atomic mass is 79.9. The maximum atomic E-state index is 12.6. The molecule has 3 rings (SSSR count). The van der Waals surface area contributed by atoms with Gasteiger partial charge in [-0.25, -0.2) is 0 Å². The van der Waals surface area contributed by atoms with Crippen LogP contribution in [0.15, 0.2) is 22.7 Å². The van der Waals surface area contributed by atoms with Crippen molar-refractivity contribution in [3.63, 3.8) is 0 Å². The van der Waals surface area contributed by atoms with E-state index in [1.54, 1.807) is 0 Å². The normalized spacial score (nSPS) is 29.5. The summed E-state index contributed by atoms with van der Waals surface area (Å²) in [4.78, 5) is 0. The Kier molecular flexibility index (Phi) is 3.71. The fourth-order valence-corrected chi connectivity index (χ4v) is 3.70. The van der Waals surface area contributed by atoms with Crippen LogP contribution >= 0.6 is 15.9 Å². The first-order valence-electron chi connectivity index (χ1n) is 6.81. The predicted octanol–water partition coefficient (Wildman–Crippen LogP) is 4.16. The van der Waals surface area contributed by atoms with Crippen molar-refractivity contribution in [1.29, 1.82) is 0 Å². The topological polar surface area (TPSA) is 24.1 Å². The number of fused-ring (bicyclic) bond motifs is 2. The van der Waals surface area contributed by atoms with Gasteiger partial charge < -0.3 is 10.6 Å². The molecular formula is C14H16BrF3N2. The highest BCUT2D eigenvalue weighted by molar-refractivity contribution is 9.10. The molecule has 0 spiro atoms. The van der Waals surface area contributed by atoms with E-state index in [2.05, 4.69) is 26.6 Å². The highest BCUT2D eigenvalue weighted by Gasteiger charge is 2.34. The van der Waals surface area contributed by atoms with Crippen molar-refractivity contribution < 1.29 is 13.2 Å². The van der Waals surface area contributed by atoms with Crippen LogP contribution in [0, 0.1) is 0 Å². The third-order valence-electron chi connectivity index (χ3n) is 4.13. The molecular weight excluding hydrogens is 333 g/mol. The molecule has 1 aromatic rings. The van der Waals surface area contributed by atoms with Gasteiger partial charge in [0.1, 0.15) is 0 Å². The third-order valence-corrected chi connectivity index (χ3v) is 4.79. The lowest BCUT2D eigenvalue weighted by Crippen LogP contribution is -2.43. The zero-order chi connectivity index (χ0) is 14.3. The summed E-state index contributed by atoms with van der Waals surface area (Å²) in [6.45, 7) is 0. The Hall–Kier alpha value is -0.750. The van der Waals surface area contributed by atoms with Gasteiger partial charge in [0.15, 0.2) is 0 Å². The molecule has 2 atom stereocenters. The number of alkyl halides is 3. The van der Waals surface area contributed by atoms with E-state index in [1.807, 2.05) is 0 Å². The first kappa shape index (κ1) is 14.2. The van der Waals surface area contributed by atoms with Crippen LogP contribution in [0.5, 0.6) is 0 Å². The fraction of sp³-hybridized carbons (Fsp3) is 0.571. The lowest BCUT2D eigenvalue weighted by atomic mass is 9.99. The summed E-state index contributed by atoms with van der Waals surface area (Å²) in [6, 6.07) is 5.22. The highest BCUT2D eigenvalue weighted by Crippen LogP contribution is 2.35. The summed E-state index contributed by atoms with van der Waals surface area (Å²) in [5.74, 6) is 0. The second kappa shape index (κ2) is 5.22. The Morgan fingerprint density at radius 1 is 1.15 bits per heavy atom. The summed E-state index contributed by atoms with van der Waals surface area (Å²) in [5, 5.41) is 6.92. The van der Waals surface area contributed by atoms with Gasteiger partial charge in [-0.3, -0.25) is 0 Å². The number of nitrogens with one attached hydrogen (secondary N) is 2. The molecule has 2 unspecified atom stereocenters. The average molecular weight is 349 g/mol. The van der Waals surface area contributed by atoms with E-state index in [-0.39, 0.29) is 0 Å². The van der Waals surface area contributed by atoms with Crippen molar-refractivity contribution in [2.75, 3.05) is 5.32 Å². The summed E-state index contributed by atoms with van der Waals surface area (Å²) in [7, 11) is 0. The zero-order valence-electron chi connectivity index (χ0n) is 10.8. The summed E-state index contributed by atoms with van der Waals surface area (Å²) in [6.07, 6.45) is 0.177. The van der Waals surface area contributed by atoms with Gasteiger partial charge >= 0.3 is 6.18 Å². The number of rotatable bonds is 2. The van der Waals surface area contributed by atoms with Crippen LogP contribution in [0.2, 0.25) is 0 Å². The first-order chi connectivity index (χ1) is 9.41. The van der Waals surface area contributed by atoms with Crippen molar-refractivity contribution in [2.24, 2.45) is 0 Å². The Morgan fingerprint density at radius 3 is 2.35 bits per heavy atom. The zero-order valence-corrected chi connectivity index (χ0v) is 12.4. The van der Waals surface area contributed by atoms with Gasteiger partial charge in [0, 0.05) is 28.3 Å². The fourth-order valence-electron chi connectivity index (χ4n) is 3.20. The minimum atomic E-state index is -4.30. The molecule has 2 aliphatic rings. The molecule has 20 heavy (non-hydrogen) atoms. The molecule has 0 saturated carbocycles. The van der Waals surface area contributed by atoms with Crippen LogP contribution < -0.4 is 10.6 Å².